The van der Waals surface area contributed by atoms with Crippen LogP contribution in [0.1, 0.15) is 56.1 Å². The highest BCUT2D eigenvalue weighted by molar-refractivity contribution is 5.91. The highest BCUT2D eigenvalue weighted by Crippen LogP contribution is 2.49. The molecule has 3 aliphatic carbocycles. The Hall–Kier alpha value is -1.35. The van der Waals surface area contributed by atoms with Gasteiger partial charge < -0.3 is 11.1 Å². The summed E-state index contributed by atoms with van der Waals surface area (Å²) in [6.07, 6.45) is 8.79. The van der Waals surface area contributed by atoms with Crippen molar-refractivity contribution in [2.75, 3.05) is 0 Å². The molecule has 1 amide bonds. The van der Waals surface area contributed by atoms with Gasteiger partial charge in [-0.25, -0.2) is 0 Å². The van der Waals surface area contributed by atoms with Gasteiger partial charge in [0, 0.05) is 11.6 Å². The Bertz CT molecular complexity index is 551. The molecule has 3 heteroatoms. The molecule has 0 radical (unpaired) electrons. The number of hydrogen-bond acceptors (Lipinski definition) is 2. The molecule has 4 rings (SSSR count). The third-order valence-electron chi connectivity index (χ3n) is 5.58. The summed E-state index contributed by atoms with van der Waals surface area (Å²) in [5.74, 6) is 0.248. The maximum atomic E-state index is 12.5. The van der Waals surface area contributed by atoms with Crippen LogP contribution in [0.5, 0.6) is 0 Å². The summed E-state index contributed by atoms with van der Waals surface area (Å²) >= 11 is 0. The summed E-state index contributed by atoms with van der Waals surface area (Å²) in [5, 5.41) is 3.22. The molecule has 0 spiro atoms. The summed E-state index contributed by atoms with van der Waals surface area (Å²) in [7, 11) is 0. The average molecular weight is 284 g/mol. The number of nitrogens with two attached hydrogens (primary N) is 1. The Balaban J connectivity index is 1.45. The highest BCUT2D eigenvalue weighted by atomic mass is 16.2. The van der Waals surface area contributed by atoms with Gasteiger partial charge in [-0.1, -0.05) is 24.3 Å². The number of amides is 1. The predicted octanol–water partition coefficient (Wildman–Crippen LogP) is 2.42. The van der Waals surface area contributed by atoms with Crippen LogP contribution in [0.15, 0.2) is 24.3 Å². The smallest absolute Gasteiger partial charge is 0.230 e. The highest BCUT2D eigenvalue weighted by Gasteiger charge is 2.51. The molecule has 0 unspecified atom stereocenters. The molecule has 3 fully saturated rings. The number of carbonyl (C=O) groups excluding carboxylic acids is 1. The van der Waals surface area contributed by atoms with Gasteiger partial charge >= 0.3 is 0 Å². The van der Waals surface area contributed by atoms with Crippen molar-refractivity contribution in [3.63, 3.8) is 0 Å². The number of hydrogen-bond donors (Lipinski definition) is 2. The van der Waals surface area contributed by atoms with Gasteiger partial charge in [0.15, 0.2) is 0 Å². The minimum Gasteiger partial charge on any atom is -0.353 e. The zero-order valence-electron chi connectivity index (χ0n) is 12.5. The van der Waals surface area contributed by atoms with Crippen LogP contribution in [-0.2, 0) is 16.6 Å². The molecular weight excluding hydrogens is 260 g/mol. The summed E-state index contributed by atoms with van der Waals surface area (Å²) in [5.41, 5.74) is 8.49. The van der Waals surface area contributed by atoms with Crippen molar-refractivity contribution < 1.29 is 4.79 Å². The first-order valence-corrected chi connectivity index (χ1v) is 8.29. The third-order valence-corrected chi connectivity index (χ3v) is 5.58. The first-order valence-electron chi connectivity index (χ1n) is 8.29. The topological polar surface area (TPSA) is 55.1 Å². The summed E-state index contributed by atoms with van der Waals surface area (Å²) in [6.45, 7) is 0. The van der Waals surface area contributed by atoms with Crippen LogP contribution in [0, 0.1) is 0 Å². The van der Waals surface area contributed by atoms with Crippen molar-refractivity contribution in [3.8, 4) is 0 Å². The van der Waals surface area contributed by atoms with Crippen molar-refractivity contribution in [3.05, 3.63) is 35.4 Å². The molecule has 0 aromatic heterocycles. The quantitative estimate of drug-likeness (QED) is 0.872. The average Bonchev–Trinajstić information content (AvgIpc) is 3.32. The third kappa shape index (κ3) is 2.48. The normalized spacial score (nSPS) is 25.0. The van der Waals surface area contributed by atoms with Crippen LogP contribution in [0.4, 0.5) is 0 Å². The molecule has 3 saturated carbocycles. The summed E-state index contributed by atoms with van der Waals surface area (Å²) in [6, 6.07) is 9.06. The van der Waals surface area contributed by atoms with Crippen LogP contribution in [0.3, 0.4) is 0 Å². The zero-order chi connectivity index (χ0) is 14.5. The van der Waals surface area contributed by atoms with E-state index in [1.807, 2.05) is 0 Å². The van der Waals surface area contributed by atoms with E-state index in [0.717, 1.165) is 44.9 Å². The van der Waals surface area contributed by atoms with E-state index in [1.165, 1.54) is 17.5 Å². The molecule has 1 aromatic carbocycles. The zero-order valence-corrected chi connectivity index (χ0v) is 12.5. The molecule has 3 N–H and O–H groups in total. The molecule has 112 valence electrons. The largest absolute Gasteiger partial charge is 0.353 e. The van der Waals surface area contributed by atoms with E-state index in [9.17, 15) is 4.79 Å². The predicted molar refractivity (Wildman–Crippen MR) is 83.0 cm³/mol. The van der Waals surface area contributed by atoms with E-state index < -0.39 is 0 Å². The van der Waals surface area contributed by atoms with Crippen LogP contribution in [0.25, 0.3) is 0 Å². The van der Waals surface area contributed by atoms with Crippen molar-refractivity contribution in [1.29, 1.82) is 0 Å². The molecule has 0 aliphatic heterocycles. The van der Waals surface area contributed by atoms with Gasteiger partial charge in [-0.3, -0.25) is 4.79 Å². The monoisotopic (exact) mass is 284 g/mol. The van der Waals surface area contributed by atoms with Gasteiger partial charge in [0.2, 0.25) is 5.91 Å². The van der Waals surface area contributed by atoms with Crippen molar-refractivity contribution in [2.45, 2.75) is 68.4 Å². The first kappa shape index (κ1) is 13.3. The summed E-state index contributed by atoms with van der Waals surface area (Å²) in [4.78, 5) is 12.5. The fourth-order valence-electron chi connectivity index (χ4n) is 3.33. The van der Waals surface area contributed by atoms with Gasteiger partial charge in [-0.05, 0) is 62.5 Å². The van der Waals surface area contributed by atoms with E-state index in [2.05, 4.69) is 29.6 Å². The molecule has 1 aromatic rings. The summed E-state index contributed by atoms with van der Waals surface area (Å²) < 4.78 is 0. The van der Waals surface area contributed by atoms with Crippen LogP contribution >= 0.6 is 0 Å². The SMILES string of the molecule is NC1(Cc2ccc(C3(C(=O)NC4CCC4)CC3)cc2)CC1. The molecule has 3 aliphatic rings. The number of benzene rings is 1. The van der Waals surface area contributed by atoms with Crippen LogP contribution in [-0.4, -0.2) is 17.5 Å². The van der Waals surface area contributed by atoms with E-state index in [4.69, 9.17) is 5.73 Å². The van der Waals surface area contributed by atoms with Crippen molar-refractivity contribution in [2.24, 2.45) is 5.73 Å². The number of rotatable bonds is 5. The van der Waals surface area contributed by atoms with E-state index in [0.29, 0.717) is 6.04 Å². The molecule has 0 atom stereocenters. The number of carbonyl (C=O) groups is 1. The van der Waals surface area contributed by atoms with Gasteiger partial charge in [0.05, 0.1) is 5.41 Å². The Labute approximate surface area is 126 Å². The second kappa shape index (κ2) is 4.57. The second-order valence-electron chi connectivity index (χ2n) is 7.42. The molecule has 0 bridgehead atoms. The Morgan fingerprint density at radius 1 is 1.14 bits per heavy atom. The lowest BCUT2D eigenvalue weighted by Gasteiger charge is -2.28. The standard InChI is InChI=1S/C18H24N2O/c19-17(8-9-17)12-13-4-6-14(7-5-13)18(10-11-18)16(21)20-15-2-1-3-15/h4-7,15H,1-3,8-12,19H2,(H,20,21). The first-order chi connectivity index (χ1) is 10.1. The van der Waals surface area contributed by atoms with E-state index in [-0.39, 0.29) is 16.9 Å². The van der Waals surface area contributed by atoms with E-state index >= 15 is 0 Å². The Morgan fingerprint density at radius 2 is 1.81 bits per heavy atom. The van der Waals surface area contributed by atoms with Gasteiger partial charge in [-0.15, -0.1) is 0 Å². The molecule has 0 saturated heterocycles. The maximum absolute atomic E-state index is 12.5. The minimum absolute atomic E-state index is 0.0559. The fraction of sp³-hybridized carbons (Fsp3) is 0.611. The fourth-order valence-corrected chi connectivity index (χ4v) is 3.33. The van der Waals surface area contributed by atoms with Gasteiger partial charge in [0.25, 0.3) is 0 Å². The Morgan fingerprint density at radius 3 is 2.29 bits per heavy atom. The van der Waals surface area contributed by atoms with Gasteiger partial charge in [-0.2, -0.15) is 0 Å². The maximum Gasteiger partial charge on any atom is 0.230 e. The number of nitrogens with one attached hydrogen (secondary N) is 1. The van der Waals surface area contributed by atoms with Gasteiger partial charge in [0.1, 0.15) is 0 Å². The minimum atomic E-state index is -0.228. The van der Waals surface area contributed by atoms with Crippen molar-refractivity contribution in [1.82, 2.24) is 5.32 Å². The van der Waals surface area contributed by atoms with Crippen LogP contribution < -0.4 is 11.1 Å². The van der Waals surface area contributed by atoms with Crippen molar-refractivity contribution >= 4 is 5.91 Å². The molecular formula is C18H24N2O. The Kier molecular flexibility index (Phi) is 2.90. The lowest BCUT2D eigenvalue weighted by Crippen LogP contribution is -2.44. The molecule has 3 nitrogen and oxygen atoms in total. The van der Waals surface area contributed by atoms with E-state index in [1.54, 1.807) is 0 Å². The molecule has 0 heterocycles. The lowest BCUT2D eigenvalue weighted by molar-refractivity contribution is -0.124. The lowest BCUT2D eigenvalue weighted by atomic mass is 9.89. The second-order valence-corrected chi connectivity index (χ2v) is 7.42. The molecule has 21 heavy (non-hydrogen) atoms. The van der Waals surface area contributed by atoms with Crippen LogP contribution in [0.2, 0.25) is 0 Å².